The summed E-state index contributed by atoms with van der Waals surface area (Å²) in [6, 6.07) is 31.5. The minimum Gasteiger partial charge on any atom is -0.332 e. The van der Waals surface area contributed by atoms with Crippen LogP contribution in [0.4, 0.5) is 0 Å². The van der Waals surface area contributed by atoms with Gasteiger partial charge in [-0.05, 0) is 40.3 Å². The third-order valence-corrected chi connectivity index (χ3v) is 6.56. The first-order valence-corrected chi connectivity index (χ1v) is 12.4. The maximum Gasteiger partial charge on any atom is 0.254 e. The first-order valence-electron chi connectivity index (χ1n) is 11.5. The van der Waals surface area contributed by atoms with Gasteiger partial charge in [-0.1, -0.05) is 84.9 Å². The molecule has 0 N–H and O–H groups in total. The molecule has 4 rings (SSSR count). The van der Waals surface area contributed by atoms with E-state index in [1.165, 1.54) is 0 Å². The van der Waals surface area contributed by atoms with Gasteiger partial charge in [-0.2, -0.15) is 0 Å². The minimum atomic E-state index is -0.186. The molecule has 0 atom stereocenters. The fraction of sp³-hybridized carbons (Fsp3) is 0.133. The number of carbonyl (C=O) groups is 2. The molecular weight excluding hydrogens is 452 g/mol. The number of nitrogens with zero attached hydrogens (tertiary/aromatic N) is 2. The van der Waals surface area contributed by atoms with Gasteiger partial charge in [0.15, 0.2) is 0 Å². The highest BCUT2D eigenvalue weighted by atomic mass is 32.1. The molecule has 5 heteroatoms. The second kappa shape index (κ2) is 12.0. The van der Waals surface area contributed by atoms with Crippen molar-refractivity contribution in [3.8, 4) is 11.1 Å². The molecule has 0 saturated heterocycles. The van der Waals surface area contributed by atoms with E-state index in [1.54, 1.807) is 22.3 Å². The molecule has 0 radical (unpaired) electrons. The Hall–Kier alpha value is -3.96. The molecule has 1 aromatic heterocycles. The van der Waals surface area contributed by atoms with Crippen molar-refractivity contribution >= 4 is 23.2 Å². The summed E-state index contributed by atoms with van der Waals surface area (Å²) >= 11 is 1.62. The number of benzene rings is 3. The third-order valence-electron chi connectivity index (χ3n) is 5.70. The summed E-state index contributed by atoms with van der Waals surface area (Å²) in [6.45, 7) is 5.07. The van der Waals surface area contributed by atoms with Crippen molar-refractivity contribution in [2.24, 2.45) is 0 Å². The van der Waals surface area contributed by atoms with Gasteiger partial charge in [-0.15, -0.1) is 17.9 Å². The highest BCUT2D eigenvalue weighted by Crippen LogP contribution is 2.20. The summed E-state index contributed by atoms with van der Waals surface area (Å²) in [5.41, 5.74) is 3.73. The highest BCUT2D eigenvalue weighted by molar-refractivity contribution is 7.09. The lowest BCUT2D eigenvalue weighted by Gasteiger charge is -2.27. The fourth-order valence-corrected chi connectivity index (χ4v) is 4.60. The van der Waals surface area contributed by atoms with Gasteiger partial charge >= 0.3 is 0 Å². The molecule has 176 valence electrons. The van der Waals surface area contributed by atoms with E-state index in [4.69, 9.17) is 0 Å². The second-order valence-corrected chi connectivity index (χ2v) is 9.26. The third kappa shape index (κ3) is 6.55. The normalized spacial score (nSPS) is 10.5. The topological polar surface area (TPSA) is 40.6 Å². The van der Waals surface area contributed by atoms with Crippen molar-refractivity contribution in [3.05, 3.63) is 131 Å². The molecule has 0 aliphatic carbocycles. The zero-order chi connectivity index (χ0) is 24.5. The van der Waals surface area contributed by atoms with Gasteiger partial charge in [-0.25, -0.2) is 0 Å². The zero-order valence-corrected chi connectivity index (χ0v) is 20.4. The smallest absolute Gasteiger partial charge is 0.254 e. The van der Waals surface area contributed by atoms with E-state index in [0.29, 0.717) is 25.2 Å². The van der Waals surface area contributed by atoms with Gasteiger partial charge in [0.05, 0.1) is 6.54 Å². The minimum absolute atomic E-state index is 0.0104. The Morgan fingerprint density at radius 2 is 1.40 bits per heavy atom. The summed E-state index contributed by atoms with van der Waals surface area (Å²) in [7, 11) is 0. The molecule has 0 unspecified atom stereocenters. The van der Waals surface area contributed by atoms with Crippen molar-refractivity contribution in [1.82, 2.24) is 9.80 Å². The Labute approximate surface area is 210 Å². The summed E-state index contributed by atoms with van der Waals surface area (Å²) in [5, 5.41) is 2.01. The molecule has 0 aliphatic heterocycles. The fourth-order valence-electron chi connectivity index (χ4n) is 3.88. The Morgan fingerprint density at radius 3 is 2.03 bits per heavy atom. The number of thiophene rings is 1. The maximum absolute atomic E-state index is 13.4. The number of hydrogen-bond donors (Lipinski definition) is 0. The predicted octanol–water partition coefficient (Wildman–Crippen LogP) is 6.27. The van der Waals surface area contributed by atoms with Crippen molar-refractivity contribution in [2.75, 3.05) is 13.1 Å². The average molecular weight is 481 g/mol. The molecule has 4 nitrogen and oxygen atoms in total. The standard InChI is InChI=1S/C30H28N2O2S/c1-2-19-31(30(34)27-17-15-26(16-18-27)25-12-7-4-8-13-25)23-29(33)32(22-28-14-9-20-35-28)21-24-10-5-3-6-11-24/h2-18,20H,1,19,21-23H2. The Bertz CT molecular complexity index is 1240. The van der Waals surface area contributed by atoms with Crippen LogP contribution >= 0.6 is 11.3 Å². The monoisotopic (exact) mass is 480 g/mol. The van der Waals surface area contributed by atoms with Crippen LogP contribution in [-0.2, 0) is 17.9 Å². The largest absolute Gasteiger partial charge is 0.332 e. The lowest BCUT2D eigenvalue weighted by Crippen LogP contribution is -2.42. The molecular formula is C30H28N2O2S. The van der Waals surface area contributed by atoms with Crippen molar-refractivity contribution < 1.29 is 9.59 Å². The summed E-state index contributed by atoms with van der Waals surface area (Å²) in [5.74, 6) is -0.285. The van der Waals surface area contributed by atoms with E-state index in [2.05, 4.69) is 6.58 Å². The van der Waals surface area contributed by atoms with Crippen LogP contribution in [0.5, 0.6) is 0 Å². The van der Waals surface area contributed by atoms with Crippen molar-refractivity contribution in [2.45, 2.75) is 13.1 Å². The van der Waals surface area contributed by atoms with Gasteiger partial charge in [0.25, 0.3) is 5.91 Å². The summed E-state index contributed by atoms with van der Waals surface area (Å²) < 4.78 is 0. The van der Waals surface area contributed by atoms with E-state index >= 15 is 0 Å². The number of hydrogen-bond acceptors (Lipinski definition) is 3. The van der Waals surface area contributed by atoms with Crippen LogP contribution in [0.15, 0.2) is 115 Å². The Balaban J connectivity index is 1.50. The van der Waals surface area contributed by atoms with E-state index in [1.807, 2.05) is 107 Å². The lowest BCUT2D eigenvalue weighted by atomic mass is 10.0. The quantitative estimate of drug-likeness (QED) is 0.251. The molecule has 0 bridgehead atoms. The zero-order valence-electron chi connectivity index (χ0n) is 19.5. The van der Waals surface area contributed by atoms with Crippen molar-refractivity contribution in [1.29, 1.82) is 0 Å². The number of amides is 2. The Kier molecular flexibility index (Phi) is 8.25. The highest BCUT2D eigenvalue weighted by Gasteiger charge is 2.22. The van der Waals surface area contributed by atoms with Crippen LogP contribution in [0.1, 0.15) is 20.8 Å². The molecule has 0 fully saturated rings. The van der Waals surface area contributed by atoms with Crippen LogP contribution in [0.25, 0.3) is 11.1 Å². The molecule has 1 heterocycles. The van der Waals surface area contributed by atoms with Crippen LogP contribution in [0.2, 0.25) is 0 Å². The van der Waals surface area contributed by atoms with Crippen LogP contribution in [0.3, 0.4) is 0 Å². The van der Waals surface area contributed by atoms with E-state index in [-0.39, 0.29) is 18.4 Å². The average Bonchev–Trinajstić information content (AvgIpc) is 3.42. The van der Waals surface area contributed by atoms with Crippen LogP contribution in [-0.4, -0.2) is 34.7 Å². The van der Waals surface area contributed by atoms with E-state index < -0.39 is 0 Å². The molecule has 0 saturated carbocycles. The summed E-state index contributed by atoms with van der Waals surface area (Å²) in [4.78, 5) is 31.2. The van der Waals surface area contributed by atoms with Gasteiger partial charge < -0.3 is 9.80 Å². The van der Waals surface area contributed by atoms with Gasteiger partial charge in [0, 0.05) is 23.5 Å². The van der Waals surface area contributed by atoms with E-state index in [9.17, 15) is 9.59 Å². The molecule has 35 heavy (non-hydrogen) atoms. The second-order valence-electron chi connectivity index (χ2n) is 8.23. The van der Waals surface area contributed by atoms with Gasteiger partial charge in [-0.3, -0.25) is 9.59 Å². The molecule has 4 aromatic rings. The molecule has 3 aromatic carbocycles. The number of rotatable bonds is 10. The lowest BCUT2D eigenvalue weighted by molar-refractivity contribution is -0.133. The number of carbonyl (C=O) groups excluding carboxylic acids is 2. The molecule has 2 amide bonds. The van der Waals surface area contributed by atoms with Gasteiger partial charge in [0.2, 0.25) is 5.91 Å². The van der Waals surface area contributed by atoms with Crippen molar-refractivity contribution in [3.63, 3.8) is 0 Å². The molecule has 0 spiro atoms. The van der Waals surface area contributed by atoms with Gasteiger partial charge in [0.1, 0.15) is 6.54 Å². The van der Waals surface area contributed by atoms with Crippen LogP contribution in [0, 0.1) is 0 Å². The Morgan fingerprint density at radius 1 is 0.743 bits per heavy atom. The summed E-state index contributed by atoms with van der Waals surface area (Å²) in [6.07, 6.45) is 1.66. The van der Waals surface area contributed by atoms with Crippen LogP contribution < -0.4 is 0 Å². The maximum atomic E-state index is 13.4. The first-order chi connectivity index (χ1) is 17.1. The van der Waals surface area contributed by atoms with E-state index in [0.717, 1.165) is 21.6 Å². The predicted molar refractivity (Wildman–Crippen MR) is 143 cm³/mol. The SMILES string of the molecule is C=CCN(CC(=O)N(Cc1ccccc1)Cc1cccs1)C(=O)c1ccc(-c2ccccc2)cc1. The first kappa shape index (κ1) is 24.2. The molecule has 0 aliphatic rings.